The fourth-order valence-electron chi connectivity index (χ4n) is 4.00. The molecule has 2 aromatic rings. The maximum absolute atomic E-state index is 12.6. The molecule has 0 bridgehead atoms. The highest BCUT2D eigenvalue weighted by Gasteiger charge is 2.25. The molecule has 154 valence electrons. The molecule has 0 unspecified atom stereocenters. The number of piperazine rings is 1. The summed E-state index contributed by atoms with van der Waals surface area (Å²) < 4.78 is 0. The number of rotatable bonds is 7. The van der Waals surface area contributed by atoms with E-state index in [-0.39, 0.29) is 11.8 Å². The van der Waals surface area contributed by atoms with Crippen LogP contribution in [0.5, 0.6) is 0 Å². The Hall–Kier alpha value is -2.22. The van der Waals surface area contributed by atoms with E-state index in [9.17, 15) is 9.59 Å². The highest BCUT2D eigenvalue weighted by Crippen LogP contribution is 2.29. The summed E-state index contributed by atoms with van der Waals surface area (Å²) in [5, 5.41) is 5.15. The van der Waals surface area contributed by atoms with Gasteiger partial charge in [0.25, 0.3) is 0 Å². The van der Waals surface area contributed by atoms with E-state index < -0.39 is 0 Å². The van der Waals surface area contributed by atoms with Gasteiger partial charge in [0.15, 0.2) is 0 Å². The fourth-order valence-corrected chi connectivity index (χ4v) is 4.70. The Balaban J connectivity index is 1.25. The molecule has 0 atom stereocenters. The first-order valence-corrected chi connectivity index (χ1v) is 11.2. The third-order valence-electron chi connectivity index (χ3n) is 5.63. The third kappa shape index (κ3) is 5.23. The van der Waals surface area contributed by atoms with Gasteiger partial charge >= 0.3 is 0 Å². The number of anilines is 2. The minimum Gasteiger partial charge on any atom is -0.323 e. The van der Waals surface area contributed by atoms with E-state index in [1.165, 1.54) is 4.88 Å². The molecule has 2 aliphatic rings. The van der Waals surface area contributed by atoms with Crippen molar-refractivity contribution >= 4 is 34.5 Å². The van der Waals surface area contributed by atoms with E-state index in [2.05, 4.69) is 32.6 Å². The lowest BCUT2D eigenvalue weighted by atomic mass is 10.2. The highest BCUT2D eigenvalue weighted by molar-refractivity contribution is 7.09. The van der Waals surface area contributed by atoms with Crippen LogP contribution in [0.25, 0.3) is 0 Å². The molecule has 0 radical (unpaired) electrons. The number of nitrogens with zero attached hydrogens (tertiary/aromatic N) is 3. The van der Waals surface area contributed by atoms with Gasteiger partial charge in [0, 0.05) is 50.6 Å². The second-order valence-corrected chi connectivity index (χ2v) is 8.69. The Kier molecular flexibility index (Phi) is 6.59. The topological polar surface area (TPSA) is 55.9 Å². The third-order valence-corrected chi connectivity index (χ3v) is 6.57. The first kappa shape index (κ1) is 20.1. The molecule has 0 spiro atoms. The van der Waals surface area contributed by atoms with Crippen molar-refractivity contribution in [2.45, 2.75) is 19.3 Å². The van der Waals surface area contributed by atoms with Crippen molar-refractivity contribution in [2.75, 3.05) is 56.0 Å². The van der Waals surface area contributed by atoms with Crippen molar-refractivity contribution in [2.24, 2.45) is 0 Å². The number of hydrogen-bond acceptors (Lipinski definition) is 5. The first-order chi connectivity index (χ1) is 14.2. The van der Waals surface area contributed by atoms with Crippen LogP contribution in [0.15, 0.2) is 41.8 Å². The van der Waals surface area contributed by atoms with E-state index in [1.807, 2.05) is 35.6 Å². The number of thiophene rings is 1. The van der Waals surface area contributed by atoms with Gasteiger partial charge in [-0.2, -0.15) is 0 Å². The van der Waals surface area contributed by atoms with Crippen LogP contribution in [0.4, 0.5) is 11.4 Å². The Morgan fingerprint density at radius 2 is 1.79 bits per heavy atom. The van der Waals surface area contributed by atoms with Crippen LogP contribution in [0, 0.1) is 0 Å². The normalized spacial score (nSPS) is 18.3. The molecule has 2 amide bonds. The number of amides is 2. The summed E-state index contributed by atoms with van der Waals surface area (Å²) in [6.45, 7) is 6.00. The van der Waals surface area contributed by atoms with E-state index in [1.54, 1.807) is 4.90 Å². The molecule has 7 heteroatoms. The SMILES string of the molecule is O=C(CN1CCN(CCc2cccs2)CC1)Nc1ccccc1N1CCCC1=O. The standard InChI is InChI=1S/C22H28N4O2S/c27-21(23-19-6-1-2-7-20(19)26-10-3-8-22(26)28)17-25-14-12-24(13-15-25)11-9-18-5-4-16-29-18/h1-2,4-7,16H,3,8-15,17H2,(H,23,27). The van der Waals surface area contributed by atoms with Crippen molar-refractivity contribution in [1.82, 2.24) is 9.80 Å². The van der Waals surface area contributed by atoms with E-state index in [0.29, 0.717) is 13.0 Å². The zero-order valence-electron chi connectivity index (χ0n) is 16.7. The number of para-hydroxylation sites is 2. The molecule has 2 fully saturated rings. The molecule has 4 rings (SSSR count). The minimum atomic E-state index is -0.0175. The lowest BCUT2D eigenvalue weighted by Gasteiger charge is -2.34. The van der Waals surface area contributed by atoms with Crippen LogP contribution in [0.3, 0.4) is 0 Å². The summed E-state index contributed by atoms with van der Waals surface area (Å²) in [7, 11) is 0. The van der Waals surface area contributed by atoms with Crippen molar-refractivity contribution in [1.29, 1.82) is 0 Å². The summed E-state index contributed by atoms with van der Waals surface area (Å²) in [4.78, 5) is 32.6. The second-order valence-electron chi connectivity index (χ2n) is 7.66. The average Bonchev–Trinajstić information content (AvgIpc) is 3.39. The molecule has 2 aliphatic heterocycles. The molecule has 6 nitrogen and oxygen atoms in total. The van der Waals surface area contributed by atoms with Crippen LogP contribution in [-0.4, -0.2) is 67.4 Å². The molecule has 2 saturated heterocycles. The largest absolute Gasteiger partial charge is 0.323 e. The van der Waals surface area contributed by atoms with Crippen LogP contribution < -0.4 is 10.2 Å². The van der Waals surface area contributed by atoms with E-state index in [4.69, 9.17) is 0 Å². The zero-order chi connectivity index (χ0) is 20.1. The Morgan fingerprint density at radius 1 is 1.00 bits per heavy atom. The van der Waals surface area contributed by atoms with Gasteiger partial charge in [-0.1, -0.05) is 18.2 Å². The summed E-state index contributed by atoms with van der Waals surface area (Å²) >= 11 is 1.82. The monoisotopic (exact) mass is 412 g/mol. The second kappa shape index (κ2) is 9.52. The quantitative estimate of drug-likeness (QED) is 0.760. The summed E-state index contributed by atoms with van der Waals surface area (Å²) in [5.74, 6) is 0.113. The smallest absolute Gasteiger partial charge is 0.238 e. The molecule has 1 aromatic carbocycles. The Bertz CT molecular complexity index is 831. The maximum Gasteiger partial charge on any atom is 0.238 e. The molecule has 3 heterocycles. The van der Waals surface area contributed by atoms with Crippen LogP contribution in [0.1, 0.15) is 17.7 Å². The van der Waals surface area contributed by atoms with Gasteiger partial charge in [-0.05, 0) is 36.4 Å². The van der Waals surface area contributed by atoms with Crippen LogP contribution in [0.2, 0.25) is 0 Å². The number of carbonyl (C=O) groups excluding carboxylic acids is 2. The number of nitrogens with one attached hydrogen (secondary N) is 1. The predicted molar refractivity (Wildman–Crippen MR) is 118 cm³/mol. The van der Waals surface area contributed by atoms with Crippen molar-refractivity contribution in [3.8, 4) is 0 Å². The van der Waals surface area contributed by atoms with Crippen molar-refractivity contribution < 1.29 is 9.59 Å². The molecule has 29 heavy (non-hydrogen) atoms. The number of carbonyl (C=O) groups is 2. The minimum absolute atomic E-state index is 0.0175. The van der Waals surface area contributed by atoms with E-state index >= 15 is 0 Å². The van der Waals surface area contributed by atoms with Gasteiger partial charge in [-0.15, -0.1) is 11.3 Å². The molecular formula is C22H28N4O2S. The van der Waals surface area contributed by atoms with Gasteiger partial charge in [0.1, 0.15) is 0 Å². The average molecular weight is 413 g/mol. The Labute approximate surface area is 176 Å². The Morgan fingerprint density at radius 3 is 2.52 bits per heavy atom. The van der Waals surface area contributed by atoms with Crippen molar-refractivity contribution in [3.63, 3.8) is 0 Å². The van der Waals surface area contributed by atoms with Gasteiger partial charge in [-0.25, -0.2) is 0 Å². The predicted octanol–water partition coefficient (Wildman–Crippen LogP) is 2.67. The summed E-state index contributed by atoms with van der Waals surface area (Å²) in [6, 6.07) is 11.9. The maximum atomic E-state index is 12.6. The molecule has 1 aromatic heterocycles. The van der Waals surface area contributed by atoms with Crippen molar-refractivity contribution in [3.05, 3.63) is 46.7 Å². The van der Waals surface area contributed by atoms with Gasteiger partial charge in [0.05, 0.1) is 17.9 Å². The summed E-state index contributed by atoms with van der Waals surface area (Å²) in [5.41, 5.74) is 1.53. The molecule has 0 saturated carbocycles. The van der Waals surface area contributed by atoms with E-state index in [0.717, 1.165) is 63.5 Å². The zero-order valence-corrected chi connectivity index (χ0v) is 17.5. The van der Waals surface area contributed by atoms with Gasteiger partial charge < -0.3 is 15.1 Å². The number of hydrogen-bond donors (Lipinski definition) is 1. The van der Waals surface area contributed by atoms with Gasteiger partial charge in [0.2, 0.25) is 11.8 Å². The molecular weight excluding hydrogens is 384 g/mol. The summed E-state index contributed by atoms with van der Waals surface area (Å²) in [6.07, 6.45) is 2.56. The lowest BCUT2D eigenvalue weighted by molar-refractivity contribution is -0.118. The number of benzene rings is 1. The van der Waals surface area contributed by atoms with Gasteiger partial charge in [-0.3, -0.25) is 14.5 Å². The van der Waals surface area contributed by atoms with Crippen LogP contribution in [-0.2, 0) is 16.0 Å². The highest BCUT2D eigenvalue weighted by atomic mass is 32.1. The molecule has 1 N–H and O–H groups in total. The molecule has 0 aliphatic carbocycles. The fraction of sp³-hybridized carbons (Fsp3) is 0.455. The van der Waals surface area contributed by atoms with Crippen LogP contribution >= 0.6 is 11.3 Å². The first-order valence-electron chi connectivity index (χ1n) is 10.4. The lowest BCUT2D eigenvalue weighted by Crippen LogP contribution is -2.49.